The summed E-state index contributed by atoms with van der Waals surface area (Å²) in [7, 11) is 3.40. The molecule has 0 bridgehead atoms. The minimum absolute atomic E-state index is 0.221. The fourth-order valence-corrected chi connectivity index (χ4v) is 4.15. The molecule has 4 rings (SSSR count). The van der Waals surface area contributed by atoms with E-state index in [9.17, 15) is 14.0 Å². The first-order valence-corrected chi connectivity index (χ1v) is 10.3. The zero-order chi connectivity index (χ0) is 21.3. The molecule has 30 heavy (non-hydrogen) atoms. The van der Waals surface area contributed by atoms with Gasteiger partial charge in [0.2, 0.25) is 0 Å². The SMILES string of the molecule is Cn1cnc2c1c(=O)n(CCCN1CCCN(c3ccc(F)cc3)CC1)c(=O)n2C. The Morgan fingerprint density at radius 3 is 2.53 bits per heavy atom. The van der Waals surface area contributed by atoms with Gasteiger partial charge in [0.25, 0.3) is 5.56 Å². The average Bonchev–Trinajstić information content (AvgIpc) is 2.97. The van der Waals surface area contributed by atoms with E-state index in [0.29, 0.717) is 17.7 Å². The molecule has 0 aliphatic carbocycles. The predicted molar refractivity (Wildman–Crippen MR) is 115 cm³/mol. The molecular weight excluding hydrogens is 387 g/mol. The predicted octanol–water partition coefficient (Wildman–Crippen LogP) is 1.18. The number of imidazole rings is 1. The molecule has 0 radical (unpaired) electrons. The molecule has 0 saturated carbocycles. The summed E-state index contributed by atoms with van der Waals surface area (Å²) in [5.41, 5.74) is 1.28. The van der Waals surface area contributed by atoms with E-state index in [4.69, 9.17) is 0 Å². The number of rotatable bonds is 5. The van der Waals surface area contributed by atoms with E-state index >= 15 is 0 Å². The molecule has 2 aromatic heterocycles. The van der Waals surface area contributed by atoms with Crippen LogP contribution in [0, 0.1) is 5.82 Å². The van der Waals surface area contributed by atoms with Crippen molar-refractivity contribution in [2.24, 2.45) is 14.1 Å². The van der Waals surface area contributed by atoms with Crippen LogP contribution >= 0.6 is 0 Å². The lowest BCUT2D eigenvalue weighted by atomic mass is 10.2. The number of benzene rings is 1. The smallest absolute Gasteiger partial charge is 0.332 e. The molecule has 1 aliphatic rings. The minimum atomic E-state index is -0.329. The van der Waals surface area contributed by atoms with Crippen molar-refractivity contribution in [3.05, 3.63) is 57.2 Å². The summed E-state index contributed by atoms with van der Waals surface area (Å²) in [4.78, 5) is 34.2. The van der Waals surface area contributed by atoms with Crippen molar-refractivity contribution in [2.45, 2.75) is 19.4 Å². The maximum atomic E-state index is 13.2. The van der Waals surface area contributed by atoms with Crippen molar-refractivity contribution in [3.8, 4) is 0 Å². The van der Waals surface area contributed by atoms with Crippen molar-refractivity contribution >= 4 is 16.9 Å². The Labute approximate surface area is 173 Å². The Balaban J connectivity index is 1.39. The van der Waals surface area contributed by atoms with E-state index in [2.05, 4.69) is 14.8 Å². The molecule has 9 heteroatoms. The van der Waals surface area contributed by atoms with Gasteiger partial charge in [-0.15, -0.1) is 0 Å². The average molecular weight is 414 g/mol. The molecular formula is C21H27FN6O2. The van der Waals surface area contributed by atoms with Gasteiger partial charge >= 0.3 is 5.69 Å². The largest absolute Gasteiger partial charge is 0.370 e. The van der Waals surface area contributed by atoms with Crippen molar-refractivity contribution in [3.63, 3.8) is 0 Å². The maximum absolute atomic E-state index is 13.2. The molecule has 0 unspecified atom stereocenters. The number of nitrogens with zero attached hydrogens (tertiary/aromatic N) is 6. The van der Waals surface area contributed by atoms with Gasteiger partial charge in [0.1, 0.15) is 5.82 Å². The summed E-state index contributed by atoms with van der Waals surface area (Å²) >= 11 is 0. The van der Waals surface area contributed by atoms with Crippen LogP contribution in [0.4, 0.5) is 10.1 Å². The van der Waals surface area contributed by atoms with E-state index in [1.807, 2.05) is 12.1 Å². The molecule has 1 saturated heterocycles. The molecule has 8 nitrogen and oxygen atoms in total. The van der Waals surface area contributed by atoms with Crippen LogP contribution < -0.4 is 16.1 Å². The van der Waals surface area contributed by atoms with Crippen molar-refractivity contribution in [1.82, 2.24) is 23.6 Å². The number of aryl methyl sites for hydroxylation is 2. The van der Waals surface area contributed by atoms with Gasteiger partial charge in [0.05, 0.1) is 6.33 Å². The molecule has 0 spiro atoms. The van der Waals surface area contributed by atoms with Gasteiger partial charge in [0.15, 0.2) is 11.2 Å². The highest BCUT2D eigenvalue weighted by atomic mass is 19.1. The van der Waals surface area contributed by atoms with Gasteiger partial charge in [-0.3, -0.25) is 13.9 Å². The Kier molecular flexibility index (Phi) is 5.72. The van der Waals surface area contributed by atoms with Crippen LogP contribution in [0.5, 0.6) is 0 Å². The highest BCUT2D eigenvalue weighted by Gasteiger charge is 2.17. The van der Waals surface area contributed by atoms with Gasteiger partial charge in [-0.05, 0) is 50.2 Å². The minimum Gasteiger partial charge on any atom is -0.370 e. The van der Waals surface area contributed by atoms with Gasteiger partial charge in [-0.2, -0.15) is 0 Å². The van der Waals surface area contributed by atoms with E-state index < -0.39 is 0 Å². The molecule has 3 aromatic rings. The van der Waals surface area contributed by atoms with Crippen LogP contribution in [0.3, 0.4) is 0 Å². The third kappa shape index (κ3) is 3.89. The second-order valence-corrected chi connectivity index (χ2v) is 7.84. The number of hydrogen-bond acceptors (Lipinski definition) is 5. The zero-order valence-electron chi connectivity index (χ0n) is 17.4. The Bertz CT molecular complexity index is 1150. The summed E-state index contributed by atoms with van der Waals surface area (Å²) in [6.45, 7) is 4.85. The monoisotopic (exact) mass is 414 g/mol. The lowest BCUT2D eigenvalue weighted by molar-refractivity contribution is 0.282. The fraction of sp³-hybridized carbons (Fsp3) is 0.476. The molecule has 3 heterocycles. The second-order valence-electron chi connectivity index (χ2n) is 7.84. The molecule has 160 valence electrons. The van der Waals surface area contributed by atoms with E-state index in [1.54, 1.807) is 25.0 Å². The second kappa shape index (κ2) is 8.43. The van der Waals surface area contributed by atoms with Crippen molar-refractivity contribution in [1.29, 1.82) is 0 Å². The summed E-state index contributed by atoms with van der Waals surface area (Å²) in [6.07, 6.45) is 3.29. The third-order valence-corrected chi connectivity index (χ3v) is 5.84. The summed E-state index contributed by atoms with van der Waals surface area (Å²) in [5, 5.41) is 0. The summed E-state index contributed by atoms with van der Waals surface area (Å²) in [6, 6.07) is 6.63. The van der Waals surface area contributed by atoms with Gasteiger partial charge in [-0.25, -0.2) is 14.2 Å². The standard InChI is InChI=1S/C21H27FN6O2/c1-24-15-23-19-18(24)20(29)28(21(30)25(19)2)12-4-10-26-9-3-11-27(14-13-26)17-7-5-16(22)6-8-17/h5-8,15H,3-4,9-14H2,1-2H3. The van der Waals surface area contributed by atoms with Crippen molar-refractivity contribution in [2.75, 3.05) is 37.6 Å². The Morgan fingerprint density at radius 2 is 1.77 bits per heavy atom. The molecule has 0 atom stereocenters. The fourth-order valence-electron chi connectivity index (χ4n) is 4.15. The highest BCUT2D eigenvalue weighted by molar-refractivity contribution is 5.69. The van der Waals surface area contributed by atoms with Crippen LogP contribution in [0.1, 0.15) is 12.8 Å². The Morgan fingerprint density at radius 1 is 1.00 bits per heavy atom. The van der Waals surface area contributed by atoms with E-state index in [-0.39, 0.29) is 17.1 Å². The highest BCUT2D eigenvalue weighted by Crippen LogP contribution is 2.17. The maximum Gasteiger partial charge on any atom is 0.332 e. The number of aromatic nitrogens is 4. The molecule has 1 aromatic carbocycles. The summed E-state index contributed by atoms with van der Waals surface area (Å²) < 4.78 is 17.6. The van der Waals surface area contributed by atoms with E-state index in [1.165, 1.54) is 21.3 Å². The van der Waals surface area contributed by atoms with Crippen LogP contribution in [-0.2, 0) is 20.6 Å². The number of halogens is 1. The number of hydrogen-bond donors (Lipinski definition) is 0. The van der Waals surface area contributed by atoms with Crippen LogP contribution in [0.25, 0.3) is 11.2 Å². The Hall–Kier alpha value is -2.94. The first kappa shape index (κ1) is 20.3. The van der Waals surface area contributed by atoms with Crippen LogP contribution in [-0.4, -0.2) is 56.3 Å². The zero-order valence-corrected chi connectivity index (χ0v) is 17.4. The van der Waals surface area contributed by atoms with E-state index in [0.717, 1.165) is 51.3 Å². The van der Waals surface area contributed by atoms with Crippen molar-refractivity contribution < 1.29 is 4.39 Å². The normalized spacial score (nSPS) is 15.6. The molecule has 0 amide bonds. The third-order valence-electron chi connectivity index (χ3n) is 5.84. The molecule has 1 fully saturated rings. The van der Waals surface area contributed by atoms with Gasteiger partial charge < -0.3 is 14.4 Å². The quantitative estimate of drug-likeness (QED) is 0.627. The topological polar surface area (TPSA) is 68.3 Å². The summed E-state index contributed by atoms with van der Waals surface area (Å²) in [5.74, 6) is -0.221. The first-order valence-electron chi connectivity index (χ1n) is 10.3. The lowest BCUT2D eigenvalue weighted by Crippen LogP contribution is -2.40. The van der Waals surface area contributed by atoms with Gasteiger partial charge in [0, 0.05) is 46.0 Å². The van der Waals surface area contributed by atoms with Crippen LogP contribution in [0.15, 0.2) is 40.2 Å². The number of anilines is 1. The first-order chi connectivity index (χ1) is 14.5. The molecule has 1 aliphatic heterocycles. The number of fused-ring (bicyclic) bond motifs is 1. The molecule has 0 N–H and O–H groups in total. The van der Waals surface area contributed by atoms with Gasteiger partial charge in [-0.1, -0.05) is 0 Å². The lowest BCUT2D eigenvalue weighted by Gasteiger charge is -2.23. The van der Waals surface area contributed by atoms with Crippen LogP contribution in [0.2, 0.25) is 0 Å².